The third-order valence-corrected chi connectivity index (χ3v) is 7.33. The first kappa shape index (κ1) is 24.8. The Hall–Kier alpha value is -2.35. The molecule has 0 aliphatic carbocycles. The Morgan fingerprint density at radius 3 is 2.79 bits per heavy atom. The van der Waals surface area contributed by atoms with Crippen LogP contribution in [0.5, 0.6) is 0 Å². The summed E-state index contributed by atoms with van der Waals surface area (Å²) in [6.07, 6.45) is 2.89. The monoisotopic (exact) mass is 498 g/mol. The molecule has 180 valence electrons. The van der Waals surface area contributed by atoms with Gasteiger partial charge < -0.3 is 9.84 Å². The van der Waals surface area contributed by atoms with Gasteiger partial charge in [-0.25, -0.2) is 0 Å². The first-order valence-electron chi connectivity index (χ1n) is 11.8. The number of hydrogen-bond acceptors (Lipinski definition) is 6. The van der Waals surface area contributed by atoms with Gasteiger partial charge in [0, 0.05) is 29.4 Å². The lowest BCUT2D eigenvalue weighted by Gasteiger charge is -2.30. The van der Waals surface area contributed by atoms with Gasteiger partial charge in [-0.3, -0.25) is 9.69 Å². The van der Waals surface area contributed by atoms with Crippen molar-refractivity contribution in [1.82, 2.24) is 20.4 Å². The highest BCUT2D eigenvalue weighted by Crippen LogP contribution is 2.22. The fourth-order valence-electron chi connectivity index (χ4n) is 4.04. The highest BCUT2D eigenvalue weighted by atomic mass is 35.5. The van der Waals surface area contributed by atoms with Crippen LogP contribution in [0, 0.1) is 12.8 Å². The molecule has 3 aromatic rings. The average molecular weight is 499 g/mol. The fourth-order valence-corrected chi connectivity index (χ4v) is 5.09. The minimum atomic E-state index is 0.00705. The highest BCUT2D eigenvalue weighted by molar-refractivity contribution is 7.98. The fraction of sp³-hybridized carbons (Fsp3) is 0.423. The predicted molar refractivity (Wildman–Crippen MR) is 138 cm³/mol. The summed E-state index contributed by atoms with van der Waals surface area (Å²) in [6.45, 7) is 5.03. The number of amides is 1. The van der Waals surface area contributed by atoms with Crippen LogP contribution >= 0.6 is 23.4 Å². The summed E-state index contributed by atoms with van der Waals surface area (Å²) in [6, 6.07) is 16.0. The van der Waals surface area contributed by atoms with Crippen molar-refractivity contribution in [3.63, 3.8) is 0 Å². The predicted octanol–water partition coefficient (Wildman–Crippen LogP) is 5.35. The zero-order valence-corrected chi connectivity index (χ0v) is 21.1. The second-order valence-electron chi connectivity index (χ2n) is 8.78. The molecule has 1 amide bonds. The number of halogens is 1. The summed E-state index contributed by atoms with van der Waals surface area (Å²) in [5.41, 5.74) is 3.51. The molecule has 34 heavy (non-hydrogen) atoms. The summed E-state index contributed by atoms with van der Waals surface area (Å²) >= 11 is 7.86. The molecule has 8 heteroatoms. The first-order valence-corrected chi connectivity index (χ1v) is 13.3. The molecule has 0 saturated carbocycles. The van der Waals surface area contributed by atoms with Crippen molar-refractivity contribution >= 4 is 29.3 Å². The molecule has 1 unspecified atom stereocenters. The van der Waals surface area contributed by atoms with Crippen molar-refractivity contribution in [3.05, 3.63) is 70.6 Å². The zero-order chi connectivity index (χ0) is 23.8. The quantitative estimate of drug-likeness (QED) is 0.380. The number of piperidine rings is 1. The van der Waals surface area contributed by atoms with Gasteiger partial charge in [0.15, 0.2) is 0 Å². The van der Waals surface area contributed by atoms with Crippen LogP contribution in [0.15, 0.2) is 53.1 Å². The Bertz CT molecular complexity index is 1060. The largest absolute Gasteiger partial charge is 0.356 e. The van der Waals surface area contributed by atoms with E-state index in [0.29, 0.717) is 29.8 Å². The van der Waals surface area contributed by atoms with E-state index in [1.807, 2.05) is 36.0 Å². The molecule has 6 nitrogen and oxygen atoms in total. The van der Waals surface area contributed by atoms with Gasteiger partial charge in [-0.2, -0.15) is 16.7 Å². The smallest absolute Gasteiger partial charge is 0.241 e. The topological polar surface area (TPSA) is 71.3 Å². The van der Waals surface area contributed by atoms with E-state index >= 15 is 0 Å². The summed E-state index contributed by atoms with van der Waals surface area (Å²) in [5.74, 6) is 3.34. The van der Waals surface area contributed by atoms with Crippen LogP contribution in [0.25, 0.3) is 11.4 Å². The minimum absolute atomic E-state index is 0.00705. The lowest BCUT2D eigenvalue weighted by atomic mass is 9.97. The number of hydrogen-bond donors (Lipinski definition) is 1. The van der Waals surface area contributed by atoms with Crippen molar-refractivity contribution in [2.45, 2.75) is 38.5 Å². The van der Waals surface area contributed by atoms with E-state index in [4.69, 9.17) is 16.1 Å². The van der Waals surface area contributed by atoms with Gasteiger partial charge in [-0.1, -0.05) is 46.6 Å². The van der Waals surface area contributed by atoms with Gasteiger partial charge in [-0.15, -0.1) is 0 Å². The number of nitrogens with zero attached hydrogens (tertiary/aromatic N) is 3. The Morgan fingerprint density at radius 2 is 2.00 bits per heavy atom. The van der Waals surface area contributed by atoms with Gasteiger partial charge in [0.25, 0.3) is 0 Å². The summed E-state index contributed by atoms with van der Waals surface area (Å²) in [5, 5.41) is 7.89. The number of benzene rings is 2. The number of nitrogens with one attached hydrogen (secondary N) is 1. The number of likely N-dealkylation sites (tertiary alicyclic amines) is 1. The number of carbonyl (C=O) groups excluding carboxylic acids is 1. The van der Waals surface area contributed by atoms with Crippen molar-refractivity contribution in [1.29, 1.82) is 0 Å². The second-order valence-corrected chi connectivity index (χ2v) is 10.3. The van der Waals surface area contributed by atoms with Crippen LogP contribution in [0.2, 0.25) is 5.02 Å². The van der Waals surface area contributed by atoms with E-state index in [-0.39, 0.29) is 11.8 Å². The van der Waals surface area contributed by atoms with Crippen molar-refractivity contribution in [3.8, 4) is 11.4 Å². The van der Waals surface area contributed by atoms with Crippen molar-refractivity contribution in [2.75, 3.05) is 25.4 Å². The van der Waals surface area contributed by atoms with E-state index < -0.39 is 0 Å². The molecule has 4 rings (SSSR count). The van der Waals surface area contributed by atoms with Crippen LogP contribution in [-0.2, 0) is 17.1 Å². The van der Waals surface area contributed by atoms with E-state index in [0.717, 1.165) is 49.4 Å². The van der Waals surface area contributed by atoms with E-state index in [2.05, 4.69) is 51.5 Å². The zero-order valence-electron chi connectivity index (χ0n) is 19.5. The highest BCUT2D eigenvalue weighted by Gasteiger charge is 2.26. The Kier molecular flexibility index (Phi) is 9.02. The number of aromatic nitrogens is 2. The molecule has 1 N–H and O–H groups in total. The number of thioether (sulfide) groups is 1. The second kappa shape index (κ2) is 12.4. The van der Waals surface area contributed by atoms with Gasteiger partial charge in [0.1, 0.15) is 0 Å². The molecule has 1 aromatic heterocycles. The number of carbonyl (C=O) groups is 1. The van der Waals surface area contributed by atoms with E-state index in [1.54, 1.807) is 0 Å². The normalized spacial score (nSPS) is 16.5. The lowest BCUT2D eigenvalue weighted by Crippen LogP contribution is -2.43. The molecule has 1 aliphatic heterocycles. The SMILES string of the molecule is Cc1ccc(CSCCCNC(=O)C2CCCN(Cc3nc(-c4ccc(Cl)cc4)no3)C2)cc1. The summed E-state index contributed by atoms with van der Waals surface area (Å²) in [4.78, 5) is 19.4. The summed E-state index contributed by atoms with van der Waals surface area (Å²) < 4.78 is 5.45. The standard InChI is InChI=1S/C26H31ClN4O2S/c1-19-5-7-20(8-6-19)18-34-15-3-13-28-26(32)22-4-2-14-31(16-22)17-24-29-25(30-33-24)21-9-11-23(27)12-10-21/h5-12,22H,2-4,13-18H2,1H3,(H,28,32). The minimum Gasteiger partial charge on any atom is -0.356 e. The number of rotatable bonds is 10. The third-order valence-electron chi connectivity index (χ3n) is 5.96. The third kappa shape index (κ3) is 7.32. The van der Waals surface area contributed by atoms with Gasteiger partial charge in [-0.05, 0) is 68.3 Å². The maximum atomic E-state index is 12.7. The molecule has 1 fully saturated rings. The van der Waals surface area contributed by atoms with Gasteiger partial charge >= 0.3 is 0 Å². The molecular weight excluding hydrogens is 468 g/mol. The molecule has 0 bridgehead atoms. The average Bonchev–Trinajstić information content (AvgIpc) is 3.31. The Balaban J connectivity index is 1.16. The van der Waals surface area contributed by atoms with Gasteiger partial charge in [0.05, 0.1) is 12.5 Å². The van der Waals surface area contributed by atoms with Crippen molar-refractivity contribution in [2.24, 2.45) is 5.92 Å². The van der Waals surface area contributed by atoms with Crippen LogP contribution < -0.4 is 5.32 Å². The molecule has 2 aromatic carbocycles. The van der Waals surface area contributed by atoms with Crippen LogP contribution in [-0.4, -0.2) is 46.3 Å². The first-order chi connectivity index (χ1) is 16.6. The molecular formula is C26H31ClN4O2S. The van der Waals surface area contributed by atoms with Crippen LogP contribution in [0.4, 0.5) is 0 Å². The summed E-state index contributed by atoms with van der Waals surface area (Å²) in [7, 11) is 0. The molecule has 1 saturated heterocycles. The van der Waals surface area contributed by atoms with E-state index in [9.17, 15) is 4.79 Å². The molecule has 0 radical (unpaired) electrons. The lowest BCUT2D eigenvalue weighted by molar-refractivity contribution is -0.126. The number of aryl methyl sites for hydroxylation is 1. The maximum absolute atomic E-state index is 12.7. The van der Waals surface area contributed by atoms with E-state index in [1.165, 1.54) is 11.1 Å². The molecule has 1 aliphatic rings. The van der Waals surface area contributed by atoms with Crippen molar-refractivity contribution < 1.29 is 9.32 Å². The molecule has 1 atom stereocenters. The van der Waals surface area contributed by atoms with Crippen LogP contribution in [0.3, 0.4) is 0 Å². The Labute approximate surface area is 210 Å². The van der Waals surface area contributed by atoms with Crippen LogP contribution in [0.1, 0.15) is 36.3 Å². The maximum Gasteiger partial charge on any atom is 0.241 e. The van der Waals surface area contributed by atoms with Gasteiger partial charge in [0.2, 0.25) is 17.6 Å². The molecule has 2 heterocycles. The molecule has 0 spiro atoms. The Morgan fingerprint density at radius 1 is 1.21 bits per heavy atom.